The topological polar surface area (TPSA) is 27.7 Å². The second-order valence-electron chi connectivity index (χ2n) is 6.09. The molecule has 3 nitrogen and oxygen atoms in total. The smallest absolute Gasteiger partial charge is 0.135 e. The summed E-state index contributed by atoms with van der Waals surface area (Å²) in [4.78, 5) is 0. The minimum absolute atomic E-state index is 0.513. The SMILES string of the molecule is COCCOCCOc1c2ccc(C(C)C)ccc-2c2sccc12. The first-order valence-corrected chi connectivity index (χ1v) is 9.22. The van der Waals surface area contributed by atoms with Crippen LogP contribution in [0.5, 0.6) is 5.75 Å². The Balaban J connectivity index is 1.84. The highest BCUT2D eigenvalue weighted by atomic mass is 32.1. The number of rotatable bonds is 8. The molecule has 0 saturated heterocycles. The van der Waals surface area contributed by atoms with Crippen LogP contribution in [-0.2, 0) is 9.47 Å². The third-order valence-electron chi connectivity index (χ3n) is 4.15. The molecule has 24 heavy (non-hydrogen) atoms. The number of hydrogen-bond acceptors (Lipinski definition) is 4. The molecule has 1 aromatic heterocycles. The van der Waals surface area contributed by atoms with E-state index in [1.807, 2.05) is 0 Å². The second kappa shape index (κ2) is 7.97. The zero-order valence-corrected chi connectivity index (χ0v) is 15.3. The minimum Gasteiger partial charge on any atom is -0.490 e. The van der Waals surface area contributed by atoms with Crippen molar-refractivity contribution in [1.29, 1.82) is 0 Å². The zero-order valence-electron chi connectivity index (χ0n) is 14.5. The Hall–Kier alpha value is -1.62. The van der Waals surface area contributed by atoms with Crippen molar-refractivity contribution in [3.63, 3.8) is 0 Å². The van der Waals surface area contributed by atoms with Gasteiger partial charge in [-0.05, 0) is 22.9 Å². The van der Waals surface area contributed by atoms with E-state index in [4.69, 9.17) is 14.2 Å². The van der Waals surface area contributed by atoms with Crippen molar-refractivity contribution in [1.82, 2.24) is 0 Å². The van der Waals surface area contributed by atoms with E-state index in [1.54, 1.807) is 18.4 Å². The summed E-state index contributed by atoms with van der Waals surface area (Å²) < 4.78 is 17.9. The van der Waals surface area contributed by atoms with Gasteiger partial charge in [-0.15, -0.1) is 11.3 Å². The van der Waals surface area contributed by atoms with Crippen molar-refractivity contribution >= 4 is 21.4 Å². The largest absolute Gasteiger partial charge is 0.490 e. The van der Waals surface area contributed by atoms with Gasteiger partial charge >= 0.3 is 0 Å². The van der Waals surface area contributed by atoms with E-state index >= 15 is 0 Å². The van der Waals surface area contributed by atoms with Crippen LogP contribution in [0.2, 0.25) is 0 Å². The van der Waals surface area contributed by atoms with Crippen molar-refractivity contribution in [2.75, 3.05) is 33.5 Å². The van der Waals surface area contributed by atoms with E-state index in [9.17, 15) is 0 Å². The van der Waals surface area contributed by atoms with Crippen molar-refractivity contribution in [2.24, 2.45) is 0 Å². The van der Waals surface area contributed by atoms with E-state index in [1.165, 1.54) is 26.8 Å². The molecule has 0 saturated carbocycles. The Morgan fingerprint density at radius 3 is 2.42 bits per heavy atom. The number of ether oxygens (including phenoxy) is 3. The van der Waals surface area contributed by atoms with Crippen LogP contribution in [0.1, 0.15) is 25.3 Å². The van der Waals surface area contributed by atoms with Gasteiger partial charge in [0.25, 0.3) is 0 Å². The van der Waals surface area contributed by atoms with E-state index in [0.717, 1.165) is 5.75 Å². The highest BCUT2D eigenvalue weighted by Gasteiger charge is 2.19. The van der Waals surface area contributed by atoms with Gasteiger partial charge in [-0.2, -0.15) is 0 Å². The Morgan fingerprint density at radius 1 is 0.917 bits per heavy atom. The maximum atomic E-state index is 6.09. The molecule has 1 aromatic rings. The number of thiophene rings is 1. The lowest BCUT2D eigenvalue weighted by molar-refractivity contribution is 0.0548. The van der Waals surface area contributed by atoms with Gasteiger partial charge in [0.05, 0.1) is 19.8 Å². The van der Waals surface area contributed by atoms with E-state index in [2.05, 4.69) is 49.6 Å². The minimum atomic E-state index is 0.513. The van der Waals surface area contributed by atoms with Crippen LogP contribution >= 0.6 is 11.3 Å². The van der Waals surface area contributed by atoms with Crippen molar-refractivity contribution in [3.8, 4) is 16.9 Å². The van der Waals surface area contributed by atoms with Gasteiger partial charge in [0.1, 0.15) is 12.4 Å². The Kier molecular flexibility index (Phi) is 5.72. The summed E-state index contributed by atoms with van der Waals surface area (Å²) in [6, 6.07) is 11.0. The van der Waals surface area contributed by atoms with Gasteiger partial charge < -0.3 is 14.2 Å². The van der Waals surface area contributed by atoms with Crippen molar-refractivity contribution in [3.05, 3.63) is 41.3 Å². The quantitative estimate of drug-likeness (QED) is 0.528. The summed E-state index contributed by atoms with van der Waals surface area (Å²) >= 11 is 1.77. The predicted molar refractivity (Wildman–Crippen MR) is 101 cm³/mol. The lowest BCUT2D eigenvalue weighted by Gasteiger charge is -2.08. The first kappa shape index (κ1) is 17.2. The Morgan fingerprint density at radius 2 is 1.67 bits per heavy atom. The van der Waals surface area contributed by atoms with Crippen LogP contribution in [0.25, 0.3) is 21.2 Å². The van der Waals surface area contributed by atoms with Gasteiger partial charge in [-0.1, -0.05) is 38.1 Å². The number of fused-ring (bicyclic) bond motifs is 3. The van der Waals surface area contributed by atoms with Gasteiger partial charge in [-0.25, -0.2) is 0 Å². The normalized spacial score (nSPS) is 11.7. The fourth-order valence-corrected chi connectivity index (χ4v) is 3.75. The highest BCUT2D eigenvalue weighted by Crippen LogP contribution is 2.46. The molecule has 0 fully saturated rings. The summed E-state index contributed by atoms with van der Waals surface area (Å²) in [6.45, 7) is 6.76. The van der Waals surface area contributed by atoms with Gasteiger partial charge in [0, 0.05) is 28.3 Å². The molecule has 128 valence electrons. The van der Waals surface area contributed by atoms with Crippen LogP contribution in [-0.4, -0.2) is 33.5 Å². The molecule has 0 aromatic carbocycles. The number of methoxy groups -OCH3 is 1. The second-order valence-corrected chi connectivity index (χ2v) is 7.01. The molecule has 0 atom stereocenters. The van der Waals surface area contributed by atoms with Gasteiger partial charge in [0.15, 0.2) is 0 Å². The predicted octanol–water partition coefficient (Wildman–Crippen LogP) is 5.17. The average Bonchev–Trinajstić information content (AvgIpc) is 3.05. The molecule has 0 spiro atoms. The summed E-state index contributed by atoms with van der Waals surface area (Å²) in [5.41, 5.74) is 3.78. The maximum Gasteiger partial charge on any atom is 0.135 e. The highest BCUT2D eigenvalue weighted by molar-refractivity contribution is 7.18. The van der Waals surface area contributed by atoms with Gasteiger partial charge in [-0.3, -0.25) is 0 Å². The molecule has 0 radical (unpaired) electrons. The fraction of sp³-hybridized carbons (Fsp3) is 0.400. The van der Waals surface area contributed by atoms with Crippen molar-refractivity contribution in [2.45, 2.75) is 19.8 Å². The first-order valence-electron chi connectivity index (χ1n) is 8.34. The third-order valence-corrected chi connectivity index (χ3v) is 5.09. The lowest BCUT2D eigenvalue weighted by atomic mass is 10.1. The monoisotopic (exact) mass is 344 g/mol. The summed E-state index contributed by atoms with van der Waals surface area (Å²) in [5.74, 6) is 1.49. The van der Waals surface area contributed by atoms with Crippen LogP contribution in [0.3, 0.4) is 0 Å². The molecule has 1 heterocycles. The molecule has 4 heteroatoms. The summed E-state index contributed by atoms with van der Waals surface area (Å²) in [6.07, 6.45) is 0. The molecule has 2 aliphatic rings. The fourth-order valence-electron chi connectivity index (χ4n) is 2.82. The van der Waals surface area contributed by atoms with Crippen LogP contribution < -0.4 is 4.74 Å². The molecule has 2 aliphatic carbocycles. The molecular formula is C20H24O3S. The van der Waals surface area contributed by atoms with Crippen molar-refractivity contribution < 1.29 is 14.2 Å². The van der Waals surface area contributed by atoms with E-state index in [-0.39, 0.29) is 0 Å². The molecule has 0 aliphatic heterocycles. The first-order chi connectivity index (χ1) is 11.7. The summed E-state index contributed by atoms with van der Waals surface area (Å²) in [5, 5.41) is 3.33. The number of hydrogen-bond donors (Lipinski definition) is 0. The molecule has 0 N–H and O–H groups in total. The third kappa shape index (κ3) is 3.56. The standard InChI is InChI=1S/C20H24O3S/c1-14(2)15-4-6-16-17(7-5-15)20-18(8-13-24-20)19(16)23-12-11-22-10-9-21-3/h4-8,13-14H,9-12H2,1-3H3. The van der Waals surface area contributed by atoms with Crippen LogP contribution in [0, 0.1) is 0 Å². The summed E-state index contributed by atoms with van der Waals surface area (Å²) in [7, 11) is 1.68. The molecule has 0 bridgehead atoms. The van der Waals surface area contributed by atoms with E-state index < -0.39 is 0 Å². The maximum absolute atomic E-state index is 6.09. The van der Waals surface area contributed by atoms with Crippen LogP contribution in [0.4, 0.5) is 0 Å². The van der Waals surface area contributed by atoms with Crippen LogP contribution in [0.15, 0.2) is 35.7 Å². The zero-order chi connectivity index (χ0) is 16.9. The van der Waals surface area contributed by atoms with Gasteiger partial charge in [0.2, 0.25) is 0 Å². The molecule has 0 amide bonds. The molecule has 0 unspecified atom stereocenters. The Bertz CT molecular complexity index is 763. The van der Waals surface area contributed by atoms with E-state index in [0.29, 0.717) is 32.3 Å². The lowest BCUT2D eigenvalue weighted by Crippen LogP contribution is -2.10. The average molecular weight is 344 g/mol. The molecule has 3 rings (SSSR count). The molecular weight excluding hydrogens is 320 g/mol. The Labute approximate surface area is 147 Å².